The number of nitrogens with zero attached hydrogens (tertiary/aromatic N) is 1. The van der Waals surface area contributed by atoms with Gasteiger partial charge in [-0.1, -0.05) is 6.92 Å². The Morgan fingerprint density at radius 1 is 1.73 bits per heavy atom. The molecular weight excluding hydrogens is 198 g/mol. The van der Waals surface area contributed by atoms with Crippen LogP contribution in [0.1, 0.15) is 13.3 Å². The van der Waals surface area contributed by atoms with E-state index in [0.717, 1.165) is 6.42 Å². The highest BCUT2D eigenvalue weighted by molar-refractivity contribution is 5.82. The van der Waals surface area contributed by atoms with Crippen molar-refractivity contribution in [3.8, 4) is 0 Å². The Kier molecular flexibility index (Phi) is 4.36. The summed E-state index contributed by atoms with van der Waals surface area (Å²) in [4.78, 5) is 23.9. The number of carbonyl (C=O) groups is 2. The van der Waals surface area contributed by atoms with Crippen molar-refractivity contribution in [3.05, 3.63) is 0 Å². The van der Waals surface area contributed by atoms with E-state index in [9.17, 15) is 9.59 Å². The van der Waals surface area contributed by atoms with Gasteiger partial charge in [-0.2, -0.15) is 0 Å². The monoisotopic (exact) mass is 215 g/mol. The second-order valence-corrected chi connectivity index (χ2v) is 3.47. The largest absolute Gasteiger partial charge is 0.443 e. The summed E-state index contributed by atoms with van der Waals surface area (Å²) in [6.45, 7) is 3.33. The molecule has 0 bridgehead atoms. The Morgan fingerprint density at radius 2 is 2.47 bits per heavy atom. The summed E-state index contributed by atoms with van der Waals surface area (Å²) >= 11 is 0. The van der Waals surface area contributed by atoms with E-state index in [1.807, 2.05) is 6.92 Å². The molecule has 1 aliphatic heterocycles. The van der Waals surface area contributed by atoms with Crippen LogP contribution in [0.3, 0.4) is 0 Å². The molecule has 1 rings (SSSR count). The van der Waals surface area contributed by atoms with E-state index in [2.05, 4.69) is 5.32 Å². The van der Waals surface area contributed by atoms with Gasteiger partial charge >= 0.3 is 6.09 Å². The molecule has 1 unspecified atom stereocenters. The van der Waals surface area contributed by atoms with E-state index in [4.69, 9.17) is 10.5 Å². The maximum atomic E-state index is 11.3. The highest BCUT2D eigenvalue weighted by Crippen LogP contribution is 2.09. The fraction of sp³-hybridized carbons (Fsp3) is 0.778. The van der Waals surface area contributed by atoms with Gasteiger partial charge in [0.25, 0.3) is 0 Å². The first-order valence-corrected chi connectivity index (χ1v) is 5.09. The number of nitrogens with one attached hydrogen (secondary N) is 1. The number of hydrogen-bond acceptors (Lipinski definition) is 4. The molecule has 2 amide bonds. The molecule has 0 aromatic rings. The van der Waals surface area contributed by atoms with Gasteiger partial charge in [-0.05, 0) is 6.42 Å². The van der Waals surface area contributed by atoms with Crippen molar-refractivity contribution in [2.24, 2.45) is 5.73 Å². The third-order valence-electron chi connectivity index (χ3n) is 2.12. The maximum Gasteiger partial charge on any atom is 0.410 e. The second-order valence-electron chi connectivity index (χ2n) is 3.47. The molecule has 15 heavy (non-hydrogen) atoms. The Bertz CT molecular complexity index is 245. The zero-order valence-electron chi connectivity index (χ0n) is 8.86. The Balaban J connectivity index is 2.32. The van der Waals surface area contributed by atoms with Crippen LogP contribution in [0.2, 0.25) is 0 Å². The smallest absolute Gasteiger partial charge is 0.410 e. The van der Waals surface area contributed by atoms with Crippen LogP contribution < -0.4 is 11.1 Å². The second kappa shape index (κ2) is 5.55. The summed E-state index contributed by atoms with van der Waals surface area (Å²) in [5.74, 6) is -0.161. The van der Waals surface area contributed by atoms with Gasteiger partial charge in [-0.15, -0.1) is 0 Å². The quantitative estimate of drug-likeness (QED) is 0.634. The van der Waals surface area contributed by atoms with Gasteiger partial charge in [0.05, 0.1) is 6.54 Å². The van der Waals surface area contributed by atoms with E-state index >= 15 is 0 Å². The number of hydrogen-bond donors (Lipinski definition) is 2. The lowest BCUT2D eigenvalue weighted by atomic mass is 10.3. The van der Waals surface area contributed by atoms with E-state index in [-0.39, 0.29) is 18.6 Å². The molecule has 6 nitrogen and oxygen atoms in total. The van der Waals surface area contributed by atoms with Crippen molar-refractivity contribution >= 4 is 12.0 Å². The number of carbonyl (C=O) groups excluding carboxylic acids is 2. The Morgan fingerprint density at radius 3 is 3.00 bits per heavy atom. The van der Waals surface area contributed by atoms with Crippen molar-refractivity contribution in [2.75, 3.05) is 26.2 Å². The first kappa shape index (κ1) is 11.8. The molecule has 1 aliphatic rings. The van der Waals surface area contributed by atoms with Gasteiger partial charge in [0.2, 0.25) is 5.91 Å². The molecular formula is C9H17N3O3. The van der Waals surface area contributed by atoms with E-state index in [1.54, 1.807) is 0 Å². The lowest BCUT2D eigenvalue weighted by Gasteiger charge is -2.11. The molecule has 0 aliphatic carbocycles. The molecule has 3 N–H and O–H groups in total. The van der Waals surface area contributed by atoms with E-state index in [1.165, 1.54) is 4.90 Å². The summed E-state index contributed by atoms with van der Waals surface area (Å²) in [7, 11) is 0. The van der Waals surface area contributed by atoms with Crippen LogP contribution in [0.4, 0.5) is 4.79 Å². The normalized spacial score (nSPS) is 20.3. The van der Waals surface area contributed by atoms with Crippen molar-refractivity contribution in [1.82, 2.24) is 10.2 Å². The van der Waals surface area contributed by atoms with E-state index < -0.39 is 6.09 Å². The zero-order valence-corrected chi connectivity index (χ0v) is 8.86. The molecule has 0 aromatic heterocycles. The number of nitrogens with two attached hydrogens (primary N) is 1. The third-order valence-corrected chi connectivity index (χ3v) is 2.12. The summed E-state index contributed by atoms with van der Waals surface area (Å²) in [6, 6.07) is 0. The molecule has 1 saturated heterocycles. The Labute approximate surface area is 88.7 Å². The van der Waals surface area contributed by atoms with Crippen molar-refractivity contribution in [2.45, 2.75) is 19.4 Å². The first-order chi connectivity index (χ1) is 7.17. The van der Waals surface area contributed by atoms with Gasteiger partial charge in [-0.3, -0.25) is 9.69 Å². The lowest BCUT2D eigenvalue weighted by molar-refractivity contribution is -0.121. The van der Waals surface area contributed by atoms with Crippen LogP contribution in [0.25, 0.3) is 0 Å². The fourth-order valence-corrected chi connectivity index (χ4v) is 1.32. The molecule has 0 aromatic carbocycles. The summed E-state index contributed by atoms with van der Waals surface area (Å²) < 4.78 is 4.91. The summed E-state index contributed by atoms with van der Waals surface area (Å²) in [5, 5.41) is 2.69. The molecule has 1 heterocycles. The number of rotatable bonds is 5. The van der Waals surface area contributed by atoms with E-state index in [0.29, 0.717) is 19.6 Å². The minimum Gasteiger partial charge on any atom is -0.443 e. The summed E-state index contributed by atoms with van der Waals surface area (Å²) in [6.07, 6.45) is 0.135. The van der Waals surface area contributed by atoms with Crippen LogP contribution in [-0.2, 0) is 9.53 Å². The molecule has 86 valence electrons. The van der Waals surface area contributed by atoms with Crippen LogP contribution in [0.5, 0.6) is 0 Å². The highest BCUT2D eigenvalue weighted by Gasteiger charge is 2.31. The molecule has 1 fully saturated rings. The lowest BCUT2D eigenvalue weighted by Crippen LogP contribution is -2.38. The third kappa shape index (κ3) is 3.39. The van der Waals surface area contributed by atoms with Crippen molar-refractivity contribution < 1.29 is 14.3 Å². The minimum absolute atomic E-state index is 0.0509. The predicted molar refractivity (Wildman–Crippen MR) is 54.2 cm³/mol. The SMILES string of the molecule is CCCNC(=O)CN1CC(CN)OC1=O. The summed E-state index contributed by atoms with van der Waals surface area (Å²) in [5.41, 5.74) is 5.36. The first-order valence-electron chi connectivity index (χ1n) is 5.09. The standard InChI is InChI=1S/C9H17N3O3/c1-2-3-11-8(13)6-12-5-7(4-10)15-9(12)14/h7H,2-6,10H2,1H3,(H,11,13). The molecule has 0 saturated carbocycles. The van der Waals surface area contributed by atoms with Gasteiger partial charge in [0.15, 0.2) is 0 Å². The van der Waals surface area contributed by atoms with Crippen LogP contribution in [0, 0.1) is 0 Å². The average molecular weight is 215 g/mol. The topological polar surface area (TPSA) is 84.7 Å². The fourth-order valence-electron chi connectivity index (χ4n) is 1.32. The maximum absolute atomic E-state index is 11.3. The van der Waals surface area contributed by atoms with Crippen LogP contribution >= 0.6 is 0 Å². The number of amides is 2. The van der Waals surface area contributed by atoms with Crippen molar-refractivity contribution in [1.29, 1.82) is 0 Å². The van der Waals surface area contributed by atoms with Gasteiger partial charge in [0, 0.05) is 13.1 Å². The molecule has 0 radical (unpaired) electrons. The zero-order chi connectivity index (χ0) is 11.3. The number of ether oxygens (including phenoxy) is 1. The van der Waals surface area contributed by atoms with Gasteiger partial charge < -0.3 is 15.8 Å². The molecule has 0 spiro atoms. The molecule has 6 heteroatoms. The van der Waals surface area contributed by atoms with Crippen LogP contribution in [0.15, 0.2) is 0 Å². The Hall–Kier alpha value is -1.30. The number of cyclic esters (lactones) is 1. The molecule has 1 atom stereocenters. The van der Waals surface area contributed by atoms with Gasteiger partial charge in [0.1, 0.15) is 12.6 Å². The van der Waals surface area contributed by atoms with Crippen molar-refractivity contribution in [3.63, 3.8) is 0 Å². The minimum atomic E-state index is -0.461. The predicted octanol–water partition coefficient (Wildman–Crippen LogP) is -0.708. The van der Waals surface area contributed by atoms with Gasteiger partial charge in [-0.25, -0.2) is 4.79 Å². The average Bonchev–Trinajstić information content (AvgIpc) is 2.57. The highest BCUT2D eigenvalue weighted by atomic mass is 16.6. The van der Waals surface area contributed by atoms with Crippen LogP contribution in [-0.4, -0.2) is 49.2 Å².